The predicted octanol–water partition coefficient (Wildman–Crippen LogP) is 3.26. The van der Waals surface area contributed by atoms with E-state index >= 15 is 0 Å². The van der Waals surface area contributed by atoms with Gasteiger partial charge in [0.25, 0.3) is 0 Å². The summed E-state index contributed by atoms with van der Waals surface area (Å²) in [5, 5.41) is 0. The van der Waals surface area contributed by atoms with Crippen molar-refractivity contribution in [2.24, 2.45) is 0 Å². The molecule has 4 nitrogen and oxygen atoms in total. The highest BCUT2D eigenvalue weighted by Crippen LogP contribution is 2.31. The van der Waals surface area contributed by atoms with Crippen LogP contribution in [0.15, 0.2) is 12.1 Å². The molecule has 1 aromatic rings. The number of halogens is 1. The minimum atomic E-state index is -0.337. The molecule has 0 bridgehead atoms. The number of carbonyl (C=O) groups is 1. The van der Waals surface area contributed by atoms with Crippen LogP contribution in [0.2, 0.25) is 0 Å². The summed E-state index contributed by atoms with van der Waals surface area (Å²) in [6, 6.07) is 3.48. The molecule has 0 spiro atoms. The topological polar surface area (TPSA) is 44.8 Å². The molecule has 0 heterocycles. The maximum absolute atomic E-state index is 11.5. The van der Waals surface area contributed by atoms with E-state index in [1.165, 1.54) is 14.0 Å². The number of rotatable bonds is 6. The Morgan fingerprint density at radius 2 is 2.06 bits per heavy atom. The molecule has 0 aromatic heterocycles. The molecule has 0 amide bonds. The van der Waals surface area contributed by atoms with E-state index in [0.29, 0.717) is 23.7 Å². The summed E-state index contributed by atoms with van der Waals surface area (Å²) in [6.45, 7) is 5.83. The summed E-state index contributed by atoms with van der Waals surface area (Å²) in [4.78, 5) is 11.5. The van der Waals surface area contributed by atoms with E-state index in [9.17, 15) is 4.79 Å². The first-order valence-electron chi connectivity index (χ1n) is 5.66. The first kappa shape index (κ1) is 15.2. The first-order chi connectivity index (χ1) is 8.49. The molecule has 0 N–H and O–H groups in total. The van der Waals surface area contributed by atoms with Gasteiger partial charge in [0.2, 0.25) is 0 Å². The summed E-state index contributed by atoms with van der Waals surface area (Å²) < 4.78 is 17.0. The largest absolute Gasteiger partial charge is 0.496 e. The van der Waals surface area contributed by atoms with Crippen molar-refractivity contribution in [3.05, 3.63) is 21.3 Å². The van der Waals surface area contributed by atoms with Crippen LogP contribution in [-0.4, -0.2) is 25.8 Å². The van der Waals surface area contributed by atoms with Crippen molar-refractivity contribution in [2.75, 3.05) is 13.7 Å². The quantitative estimate of drug-likeness (QED) is 0.442. The number of ether oxygens (including phenoxy) is 3. The Labute approximate surface area is 121 Å². The highest BCUT2D eigenvalue weighted by atomic mass is 127. The predicted molar refractivity (Wildman–Crippen MR) is 77.4 cm³/mol. The fourth-order valence-electron chi connectivity index (χ4n) is 1.52. The van der Waals surface area contributed by atoms with Crippen molar-refractivity contribution in [1.29, 1.82) is 0 Å². The third-order valence-corrected chi connectivity index (χ3v) is 3.17. The van der Waals surface area contributed by atoms with E-state index in [0.717, 1.165) is 3.57 Å². The number of Topliss-reactive ketones (excluding diaryl/α,β-unsaturated/α-hetero) is 1. The lowest BCUT2D eigenvalue weighted by Crippen LogP contribution is -2.16. The van der Waals surface area contributed by atoms with Crippen molar-refractivity contribution in [2.45, 2.75) is 27.1 Å². The number of methoxy groups -OCH3 is 1. The summed E-state index contributed by atoms with van der Waals surface area (Å²) in [7, 11) is 1.53. The fraction of sp³-hybridized carbons (Fsp3) is 0.462. The van der Waals surface area contributed by atoms with Gasteiger partial charge in [-0.2, -0.15) is 0 Å². The molecule has 0 saturated heterocycles. The summed E-state index contributed by atoms with van der Waals surface area (Å²) in [6.07, 6.45) is -0.337. The van der Waals surface area contributed by atoms with Gasteiger partial charge in [0, 0.05) is 12.7 Å². The number of hydrogen-bond acceptors (Lipinski definition) is 4. The van der Waals surface area contributed by atoms with Crippen LogP contribution in [0.4, 0.5) is 0 Å². The molecule has 0 fully saturated rings. The average Bonchev–Trinajstić information content (AvgIpc) is 2.31. The van der Waals surface area contributed by atoms with Gasteiger partial charge in [-0.05, 0) is 49.4 Å². The van der Waals surface area contributed by atoms with Gasteiger partial charge in [-0.25, -0.2) is 0 Å². The third-order valence-electron chi connectivity index (χ3n) is 2.33. The summed E-state index contributed by atoms with van der Waals surface area (Å²) in [5.74, 6) is 1.13. The number of benzene rings is 1. The normalized spacial score (nSPS) is 12.1. The Balaban J connectivity index is 3.03. The number of carbonyl (C=O) groups excluding carboxylic acids is 1. The third kappa shape index (κ3) is 3.84. The Hall–Kier alpha value is -0.820. The molecule has 0 aliphatic carbocycles. The Morgan fingerprint density at radius 3 is 2.56 bits per heavy atom. The molecule has 18 heavy (non-hydrogen) atoms. The van der Waals surface area contributed by atoms with E-state index in [1.54, 1.807) is 12.1 Å². The first-order valence-corrected chi connectivity index (χ1v) is 6.74. The number of hydrogen-bond donors (Lipinski definition) is 0. The minimum absolute atomic E-state index is 0.0332. The molecule has 1 aromatic carbocycles. The van der Waals surface area contributed by atoms with Gasteiger partial charge in [-0.1, -0.05) is 0 Å². The smallest absolute Gasteiger partial charge is 0.197 e. The van der Waals surface area contributed by atoms with Crippen molar-refractivity contribution in [3.8, 4) is 11.5 Å². The summed E-state index contributed by atoms with van der Waals surface area (Å²) >= 11 is 2.13. The van der Waals surface area contributed by atoms with Crippen molar-refractivity contribution in [3.63, 3.8) is 0 Å². The van der Waals surface area contributed by atoms with Crippen LogP contribution in [0, 0.1) is 3.57 Å². The maximum Gasteiger partial charge on any atom is 0.197 e. The molecule has 0 aliphatic rings. The maximum atomic E-state index is 11.5. The van der Waals surface area contributed by atoms with Gasteiger partial charge in [-0.3, -0.25) is 4.79 Å². The van der Waals surface area contributed by atoms with Gasteiger partial charge in [0.15, 0.2) is 12.1 Å². The second-order valence-corrected chi connectivity index (χ2v) is 4.84. The Morgan fingerprint density at radius 1 is 1.39 bits per heavy atom. The van der Waals surface area contributed by atoms with Crippen molar-refractivity contribution < 1.29 is 19.0 Å². The van der Waals surface area contributed by atoms with Crippen LogP contribution in [0.3, 0.4) is 0 Å². The molecule has 100 valence electrons. The molecule has 0 aliphatic heterocycles. The zero-order valence-electron chi connectivity index (χ0n) is 11.0. The highest BCUT2D eigenvalue weighted by molar-refractivity contribution is 14.1. The SMILES string of the molecule is CCOC(C)Oc1cc(OC)c(C(C)=O)cc1I. The van der Waals surface area contributed by atoms with E-state index in [4.69, 9.17) is 14.2 Å². The van der Waals surface area contributed by atoms with E-state index in [1.807, 2.05) is 13.8 Å². The van der Waals surface area contributed by atoms with Gasteiger partial charge >= 0.3 is 0 Å². The second kappa shape index (κ2) is 6.94. The second-order valence-electron chi connectivity index (χ2n) is 3.68. The molecule has 0 saturated carbocycles. The van der Waals surface area contributed by atoms with E-state index in [-0.39, 0.29) is 12.1 Å². The number of ketones is 1. The Kier molecular flexibility index (Phi) is 5.87. The lowest BCUT2D eigenvalue weighted by atomic mass is 10.1. The average molecular weight is 364 g/mol. The molecular weight excluding hydrogens is 347 g/mol. The molecule has 1 atom stereocenters. The highest BCUT2D eigenvalue weighted by Gasteiger charge is 2.15. The van der Waals surface area contributed by atoms with Crippen LogP contribution in [0.25, 0.3) is 0 Å². The molecule has 1 rings (SSSR count). The van der Waals surface area contributed by atoms with Gasteiger partial charge in [0.05, 0.1) is 16.2 Å². The molecule has 1 unspecified atom stereocenters. The van der Waals surface area contributed by atoms with Crippen LogP contribution >= 0.6 is 22.6 Å². The van der Waals surface area contributed by atoms with E-state index in [2.05, 4.69) is 22.6 Å². The lowest BCUT2D eigenvalue weighted by Gasteiger charge is -2.17. The summed E-state index contributed by atoms with van der Waals surface area (Å²) in [5.41, 5.74) is 0.554. The van der Waals surface area contributed by atoms with Gasteiger partial charge < -0.3 is 14.2 Å². The van der Waals surface area contributed by atoms with Crippen LogP contribution in [-0.2, 0) is 4.74 Å². The Bertz CT molecular complexity index is 431. The van der Waals surface area contributed by atoms with Crippen molar-refractivity contribution in [1.82, 2.24) is 0 Å². The van der Waals surface area contributed by atoms with Crippen LogP contribution in [0.1, 0.15) is 31.1 Å². The van der Waals surface area contributed by atoms with Crippen molar-refractivity contribution >= 4 is 28.4 Å². The van der Waals surface area contributed by atoms with Crippen LogP contribution < -0.4 is 9.47 Å². The zero-order valence-corrected chi connectivity index (χ0v) is 13.1. The minimum Gasteiger partial charge on any atom is -0.496 e. The van der Waals surface area contributed by atoms with Crippen LogP contribution in [0.5, 0.6) is 11.5 Å². The zero-order chi connectivity index (χ0) is 13.7. The molecule has 5 heteroatoms. The lowest BCUT2D eigenvalue weighted by molar-refractivity contribution is -0.0618. The molecular formula is C13H17IO4. The molecule has 0 radical (unpaired) electrons. The van der Waals surface area contributed by atoms with E-state index < -0.39 is 0 Å². The van der Waals surface area contributed by atoms with Gasteiger partial charge in [-0.15, -0.1) is 0 Å². The standard InChI is InChI=1S/C13H17IO4/c1-5-17-9(3)18-13-7-12(16-4)10(8(2)15)6-11(13)14/h6-7,9H,5H2,1-4H3. The fourth-order valence-corrected chi connectivity index (χ4v) is 2.11. The monoisotopic (exact) mass is 364 g/mol. The van der Waals surface area contributed by atoms with Gasteiger partial charge in [0.1, 0.15) is 11.5 Å².